The first-order valence-electron chi connectivity index (χ1n) is 42.3. The van der Waals surface area contributed by atoms with Gasteiger partial charge in [0.15, 0.2) is 0 Å². The SMILES string of the molecule is CC1(C)c2ccccc2-c2ccc(-c3cc(-c4ccc5c(c4)c4ccccc4n5-c4ccc5c(c4)C(C)(C)c4ccccc4-5)cc(-c4cccc5c4oc4ccccc45)c3)cc21.CC1(C)c2ccccc2-c2ccc(-n3c4ccccc4c4cc(-c5cc(-c6ccc(-c7ccccc7)cc6)cc(-c6cccc7c6oc6ccccc67)c5)ccc43)cc21. The minimum absolute atomic E-state index is 0.0782. The molecule has 121 heavy (non-hydrogen) atoms. The lowest BCUT2D eigenvalue weighted by molar-refractivity contribution is 0.660. The summed E-state index contributed by atoms with van der Waals surface area (Å²) in [5.41, 5.74) is 43.2. The minimum atomic E-state index is -0.0972. The molecular weight excluding hydrogens is 1470 g/mol. The summed E-state index contributed by atoms with van der Waals surface area (Å²) in [6, 6.07) is 143. The Bertz CT molecular complexity index is 8110. The van der Waals surface area contributed by atoms with Gasteiger partial charge in [0.05, 0.1) is 22.1 Å². The monoisotopic (exact) mass is 1550 g/mol. The first-order valence-corrected chi connectivity index (χ1v) is 42.3. The van der Waals surface area contributed by atoms with Crippen molar-refractivity contribution < 1.29 is 8.83 Å². The quantitative estimate of drug-likeness (QED) is 0.144. The van der Waals surface area contributed by atoms with Crippen LogP contribution in [0, 0.1) is 0 Å². The van der Waals surface area contributed by atoms with Crippen molar-refractivity contribution in [2.45, 2.75) is 57.8 Å². The summed E-state index contributed by atoms with van der Waals surface area (Å²) in [6.45, 7) is 14.2. The lowest BCUT2D eigenvalue weighted by atomic mass is 9.81. The Morgan fingerprint density at radius 2 is 0.471 bits per heavy atom. The normalized spacial score (nSPS) is 13.7. The van der Waals surface area contributed by atoms with Crippen LogP contribution in [0.1, 0.15) is 74.9 Å². The van der Waals surface area contributed by atoms with Crippen LogP contribution in [-0.2, 0) is 16.2 Å². The fraction of sp³-hybridized carbons (Fsp3) is 0.0769. The third-order valence-electron chi connectivity index (χ3n) is 27.2. The van der Waals surface area contributed by atoms with E-state index in [0.717, 1.165) is 77.3 Å². The molecule has 0 amide bonds. The van der Waals surface area contributed by atoms with Crippen molar-refractivity contribution in [1.82, 2.24) is 9.13 Å². The molecule has 4 heterocycles. The van der Waals surface area contributed by atoms with Crippen molar-refractivity contribution >= 4 is 87.5 Å². The molecule has 4 nitrogen and oxygen atoms in total. The van der Waals surface area contributed by atoms with E-state index in [-0.39, 0.29) is 16.2 Å². The molecule has 0 bridgehead atoms. The fourth-order valence-corrected chi connectivity index (χ4v) is 21.1. The van der Waals surface area contributed by atoms with Gasteiger partial charge in [-0.25, -0.2) is 0 Å². The summed E-state index contributed by atoms with van der Waals surface area (Å²) < 4.78 is 18.2. The Labute approximate surface area is 702 Å². The Morgan fingerprint density at radius 1 is 0.174 bits per heavy atom. The zero-order valence-electron chi connectivity index (χ0n) is 68.2. The van der Waals surface area contributed by atoms with Gasteiger partial charge < -0.3 is 18.0 Å². The molecule has 0 fully saturated rings. The van der Waals surface area contributed by atoms with Crippen LogP contribution < -0.4 is 0 Å². The highest BCUT2D eigenvalue weighted by molar-refractivity contribution is 6.15. The fourth-order valence-electron chi connectivity index (χ4n) is 21.1. The number of rotatable bonds is 9. The number of aromatic nitrogens is 2. The Kier molecular flexibility index (Phi) is 15.5. The van der Waals surface area contributed by atoms with E-state index < -0.39 is 0 Å². The molecule has 0 spiro atoms. The van der Waals surface area contributed by atoms with Crippen LogP contribution in [0.5, 0.6) is 0 Å². The second-order valence-electron chi connectivity index (χ2n) is 35.0. The van der Waals surface area contributed by atoms with Gasteiger partial charge in [-0.1, -0.05) is 315 Å². The molecule has 18 aromatic carbocycles. The van der Waals surface area contributed by atoms with Crippen molar-refractivity contribution in [3.8, 4) is 123 Å². The first kappa shape index (κ1) is 70.4. The Morgan fingerprint density at radius 3 is 0.926 bits per heavy atom. The second-order valence-corrected chi connectivity index (χ2v) is 35.0. The molecule has 4 heteroatoms. The summed E-state index contributed by atoms with van der Waals surface area (Å²) in [7, 11) is 0. The number of furan rings is 2. The predicted octanol–water partition coefficient (Wildman–Crippen LogP) is 32.0. The summed E-state index contributed by atoms with van der Waals surface area (Å²) in [5, 5.41) is 9.50. The summed E-state index contributed by atoms with van der Waals surface area (Å²) in [5.74, 6) is 0. The summed E-state index contributed by atoms with van der Waals surface area (Å²) >= 11 is 0. The number of hydrogen-bond donors (Lipinski definition) is 0. The summed E-state index contributed by atoms with van der Waals surface area (Å²) in [6.07, 6.45) is 0. The van der Waals surface area contributed by atoms with Gasteiger partial charge in [0, 0.05) is 81.8 Å². The number of fused-ring (bicyclic) bond motifs is 21. The maximum atomic E-state index is 6.66. The Hall–Kier alpha value is -14.8. The molecule has 0 saturated carbocycles. The number of hydrogen-bond acceptors (Lipinski definition) is 2. The van der Waals surface area contributed by atoms with Crippen LogP contribution in [0.4, 0.5) is 0 Å². The van der Waals surface area contributed by atoms with Crippen LogP contribution in [0.25, 0.3) is 210 Å². The first-order chi connectivity index (χ1) is 59.2. The second kappa shape index (κ2) is 26.6. The molecule has 25 rings (SSSR count). The maximum Gasteiger partial charge on any atom is 0.143 e. The number of para-hydroxylation sites is 6. The van der Waals surface area contributed by atoms with Crippen molar-refractivity contribution in [2.75, 3.05) is 0 Å². The van der Waals surface area contributed by atoms with Gasteiger partial charge in [0.2, 0.25) is 0 Å². The predicted molar refractivity (Wildman–Crippen MR) is 507 cm³/mol. The third kappa shape index (κ3) is 10.9. The van der Waals surface area contributed by atoms with Crippen molar-refractivity contribution in [3.05, 3.63) is 422 Å². The van der Waals surface area contributed by atoms with Crippen LogP contribution in [0.15, 0.2) is 397 Å². The largest absolute Gasteiger partial charge is 0.455 e. The lowest BCUT2D eigenvalue weighted by Crippen LogP contribution is -2.15. The average molecular weight is 1550 g/mol. The molecule has 3 aliphatic rings. The van der Waals surface area contributed by atoms with E-state index >= 15 is 0 Å². The highest BCUT2D eigenvalue weighted by atomic mass is 16.3. The molecule has 4 aromatic heterocycles. The number of nitrogens with zero attached hydrogens (tertiary/aromatic N) is 2. The van der Waals surface area contributed by atoms with E-state index in [4.69, 9.17) is 8.83 Å². The van der Waals surface area contributed by atoms with Crippen molar-refractivity contribution in [1.29, 1.82) is 0 Å². The average Bonchev–Trinajstić information content (AvgIpc) is 1.57. The third-order valence-corrected chi connectivity index (χ3v) is 27.2. The molecule has 0 saturated heterocycles. The van der Waals surface area contributed by atoms with Crippen molar-refractivity contribution in [2.24, 2.45) is 0 Å². The molecule has 572 valence electrons. The van der Waals surface area contributed by atoms with E-state index in [1.54, 1.807) is 0 Å². The molecule has 0 N–H and O–H groups in total. The van der Waals surface area contributed by atoms with E-state index in [0.29, 0.717) is 0 Å². The van der Waals surface area contributed by atoms with E-state index in [9.17, 15) is 0 Å². The lowest BCUT2D eigenvalue weighted by Gasteiger charge is -2.22. The smallest absolute Gasteiger partial charge is 0.143 e. The molecule has 0 unspecified atom stereocenters. The van der Waals surface area contributed by atoms with Crippen molar-refractivity contribution in [3.63, 3.8) is 0 Å². The van der Waals surface area contributed by atoms with E-state index in [1.807, 2.05) is 12.1 Å². The zero-order chi connectivity index (χ0) is 80.7. The van der Waals surface area contributed by atoms with Gasteiger partial charge in [-0.2, -0.15) is 0 Å². The van der Waals surface area contributed by atoms with Gasteiger partial charge in [-0.15, -0.1) is 0 Å². The molecular formula is C117H82N2O2. The molecule has 22 aromatic rings. The Balaban J connectivity index is 0.000000137. The zero-order valence-corrected chi connectivity index (χ0v) is 68.2. The topological polar surface area (TPSA) is 36.1 Å². The van der Waals surface area contributed by atoms with Crippen LogP contribution in [0.2, 0.25) is 0 Å². The van der Waals surface area contributed by atoms with Gasteiger partial charge in [-0.3, -0.25) is 0 Å². The molecule has 0 radical (unpaired) electrons. The van der Waals surface area contributed by atoms with Crippen LogP contribution in [-0.4, -0.2) is 9.13 Å². The van der Waals surface area contributed by atoms with Crippen LogP contribution >= 0.6 is 0 Å². The van der Waals surface area contributed by atoms with Crippen LogP contribution in [0.3, 0.4) is 0 Å². The van der Waals surface area contributed by atoms with Gasteiger partial charge >= 0.3 is 0 Å². The molecule has 0 atom stereocenters. The van der Waals surface area contributed by atoms with E-state index in [1.165, 1.54) is 166 Å². The highest BCUT2D eigenvalue weighted by Crippen LogP contribution is 2.55. The van der Waals surface area contributed by atoms with Gasteiger partial charge in [-0.05, 0) is 249 Å². The minimum Gasteiger partial charge on any atom is -0.455 e. The molecule has 3 aliphatic carbocycles. The van der Waals surface area contributed by atoms with Gasteiger partial charge in [0.25, 0.3) is 0 Å². The standard InChI is InChI=1S/C60H43NO.C57H39NO/c1-59(2)51-20-9-5-14-43(51)45-27-24-37(34-53(45)59)39-30-38(31-40(32-39)42-18-13-19-49-48-17-8-12-23-57(48)62-58(42)49)36-25-29-56-50(33-36)47-16-7-11-22-55(47)61(56)41-26-28-46-44-15-6-10-21-52(44)60(3,4)54(46)35-41;1-57(2)51-20-9-6-15-45(51)46-29-28-43(35-52(46)57)58-53-21-10-7-16-47(53)50-34-39(27-30-54(50)58)41-31-40(38-25-23-37(24-26-38)36-13-4-3-5-14-36)32-42(33-41)44-18-12-19-49-48-17-8-11-22-55(48)59-56(44)49/h5-35H,1-4H3;3-35H,1-2H3. The summed E-state index contributed by atoms with van der Waals surface area (Å²) in [4.78, 5) is 0. The highest BCUT2D eigenvalue weighted by Gasteiger charge is 2.39. The van der Waals surface area contributed by atoms with E-state index in [2.05, 4.69) is 427 Å². The molecule has 0 aliphatic heterocycles. The number of benzene rings is 18. The maximum absolute atomic E-state index is 6.66. The van der Waals surface area contributed by atoms with Gasteiger partial charge in [0.1, 0.15) is 22.3 Å².